The molecule has 0 spiro atoms. The predicted molar refractivity (Wildman–Crippen MR) is 51.6 cm³/mol. The zero-order chi connectivity index (χ0) is 9.14. The van der Waals surface area contributed by atoms with Crippen molar-refractivity contribution in [3.63, 3.8) is 0 Å². The first-order valence-electron chi connectivity index (χ1n) is 4.04. The van der Waals surface area contributed by atoms with Crippen LogP contribution in [-0.4, -0.2) is 5.91 Å². The van der Waals surface area contributed by atoms with E-state index in [-0.39, 0.29) is 5.91 Å². The van der Waals surface area contributed by atoms with Gasteiger partial charge >= 0.3 is 0 Å². The molecular weight excluding hydrogens is 170 g/mol. The van der Waals surface area contributed by atoms with Crippen LogP contribution in [0.5, 0.6) is 0 Å². The molecule has 0 aromatic carbocycles. The second-order valence-electron chi connectivity index (χ2n) is 2.84. The second kappa shape index (κ2) is 3.72. The number of thiophene rings is 1. The molecule has 0 fully saturated rings. The van der Waals surface area contributed by atoms with Crippen LogP contribution >= 0.6 is 11.3 Å². The lowest BCUT2D eigenvalue weighted by Crippen LogP contribution is -2.09. The third-order valence-corrected chi connectivity index (χ3v) is 3.00. The van der Waals surface area contributed by atoms with Crippen LogP contribution in [-0.2, 0) is 6.42 Å². The maximum absolute atomic E-state index is 10.9. The summed E-state index contributed by atoms with van der Waals surface area (Å²) < 4.78 is 0. The summed E-state index contributed by atoms with van der Waals surface area (Å²) in [4.78, 5) is 12.8. The van der Waals surface area contributed by atoms with E-state index in [2.05, 4.69) is 6.92 Å². The Hall–Kier alpha value is -0.830. The molecule has 0 bridgehead atoms. The molecule has 1 aromatic heterocycles. The number of amides is 1. The van der Waals surface area contributed by atoms with Crippen LogP contribution < -0.4 is 5.73 Å². The van der Waals surface area contributed by atoms with Gasteiger partial charge in [-0.25, -0.2) is 0 Å². The van der Waals surface area contributed by atoms with Crippen LogP contribution in [0.1, 0.15) is 33.5 Å². The molecule has 66 valence electrons. The quantitative estimate of drug-likeness (QED) is 0.766. The summed E-state index contributed by atoms with van der Waals surface area (Å²) in [6.45, 7) is 4.05. The van der Waals surface area contributed by atoms with E-state index in [0.29, 0.717) is 4.88 Å². The highest BCUT2D eigenvalue weighted by Gasteiger charge is 2.09. The van der Waals surface area contributed by atoms with Crippen molar-refractivity contribution >= 4 is 17.2 Å². The van der Waals surface area contributed by atoms with Crippen molar-refractivity contribution in [3.8, 4) is 0 Å². The van der Waals surface area contributed by atoms with Crippen LogP contribution in [0, 0.1) is 6.92 Å². The standard InChI is InChI=1S/C9H13NOS/c1-3-4-7-5-6(2)8(12-7)9(10)11/h5H,3-4H2,1-2H3,(H2,10,11). The third-order valence-electron chi connectivity index (χ3n) is 1.69. The lowest BCUT2D eigenvalue weighted by Gasteiger charge is -1.89. The van der Waals surface area contributed by atoms with Gasteiger partial charge < -0.3 is 5.73 Å². The zero-order valence-electron chi connectivity index (χ0n) is 7.39. The van der Waals surface area contributed by atoms with Crippen molar-refractivity contribution in [3.05, 3.63) is 21.4 Å². The molecule has 1 amide bonds. The lowest BCUT2D eigenvalue weighted by molar-refractivity contribution is 0.100. The average molecular weight is 183 g/mol. The van der Waals surface area contributed by atoms with Gasteiger partial charge in [-0.1, -0.05) is 13.3 Å². The first-order valence-corrected chi connectivity index (χ1v) is 4.86. The Labute approximate surface area is 76.4 Å². The normalized spacial score (nSPS) is 10.2. The van der Waals surface area contributed by atoms with Gasteiger partial charge in [0, 0.05) is 4.88 Å². The van der Waals surface area contributed by atoms with Crippen molar-refractivity contribution in [1.82, 2.24) is 0 Å². The number of carbonyl (C=O) groups is 1. The molecule has 0 aliphatic rings. The van der Waals surface area contributed by atoms with Crippen molar-refractivity contribution in [2.75, 3.05) is 0 Å². The summed E-state index contributed by atoms with van der Waals surface area (Å²) in [5, 5.41) is 0. The highest BCUT2D eigenvalue weighted by atomic mass is 32.1. The number of nitrogens with two attached hydrogens (primary N) is 1. The fourth-order valence-corrected chi connectivity index (χ4v) is 2.29. The van der Waals surface area contributed by atoms with Crippen LogP contribution in [0.25, 0.3) is 0 Å². The highest BCUT2D eigenvalue weighted by Crippen LogP contribution is 2.22. The minimum atomic E-state index is -0.306. The Bertz CT molecular complexity index is 291. The smallest absolute Gasteiger partial charge is 0.259 e. The number of primary amides is 1. The van der Waals surface area contributed by atoms with E-state index in [4.69, 9.17) is 5.73 Å². The van der Waals surface area contributed by atoms with Gasteiger partial charge in [0.25, 0.3) is 5.91 Å². The van der Waals surface area contributed by atoms with Crippen LogP contribution in [0.3, 0.4) is 0 Å². The third kappa shape index (κ3) is 1.85. The first-order chi connectivity index (χ1) is 5.65. The molecule has 0 radical (unpaired) electrons. The number of hydrogen-bond donors (Lipinski definition) is 1. The SMILES string of the molecule is CCCc1cc(C)c(C(N)=O)s1. The highest BCUT2D eigenvalue weighted by molar-refractivity contribution is 7.14. The molecule has 1 rings (SSSR count). The monoisotopic (exact) mass is 183 g/mol. The molecule has 2 N–H and O–H groups in total. The summed E-state index contributed by atoms with van der Waals surface area (Å²) in [5.41, 5.74) is 6.21. The number of rotatable bonds is 3. The molecule has 0 aliphatic heterocycles. The van der Waals surface area contributed by atoms with Crippen molar-refractivity contribution in [2.45, 2.75) is 26.7 Å². The van der Waals surface area contributed by atoms with Gasteiger partial charge in [-0.15, -0.1) is 11.3 Å². The molecule has 3 heteroatoms. The Morgan fingerprint density at radius 2 is 2.33 bits per heavy atom. The molecule has 0 atom stereocenters. The van der Waals surface area contributed by atoms with Crippen molar-refractivity contribution in [2.24, 2.45) is 5.73 Å². The van der Waals surface area contributed by atoms with Gasteiger partial charge in [-0.2, -0.15) is 0 Å². The van der Waals surface area contributed by atoms with E-state index in [9.17, 15) is 4.79 Å². The van der Waals surface area contributed by atoms with Gasteiger partial charge in [0.1, 0.15) is 0 Å². The van der Waals surface area contributed by atoms with Crippen molar-refractivity contribution in [1.29, 1.82) is 0 Å². The Morgan fingerprint density at radius 1 is 1.67 bits per heavy atom. The Balaban J connectivity index is 2.92. The molecule has 1 heterocycles. The molecule has 2 nitrogen and oxygen atoms in total. The largest absolute Gasteiger partial charge is 0.365 e. The van der Waals surface area contributed by atoms with Gasteiger partial charge in [-0.05, 0) is 25.0 Å². The minimum Gasteiger partial charge on any atom is -0.365 e. The topological polar surface area (TPSA) is 43.1 Å². The summed E-state index contributed by atoms with van der Waals surface area (Å²) in [7, 11) is 0. The molecule has 1 aromatic rings. The van der Waals surface area contributed by atoms with E-state index < -0.39 is 0 Å². The summed E-state index contributed by atoms with van der Waals surface area (Å²) in [6, 6.07) is 2.05. The van der Waals surface area contributed by atoms with Gasteiger partial charge in [-0.3, -0.25) is 4.79 Å². The van der Waals surface area contributed by atoms with Crippen LogP contribution in [0.4, 0.5) is 0 Å². The fraction of sp³-hybridized carbons (Fsp3) is 0.444. The predicted octanol–water partition coefficient (Wildman–Crippen LogP) is 2.11. The Morgan fingerprint density at radius 3 is 2.75 bits per heavy atom. The van der Waals surface area contributed by atoms with E-state index in [1.54, 1.807) is 0 Å². The van der Waals surface area contributed by atoms with E-state index in [1.165, 1.54) is 16.2 Å². The summed E-state index contributed by atoms with van der Waals surface area (Å²) in [5.74, 6) is -0.306. The van der Waals surface area contributed by atoms with E-state index in [1.807, 2.05) is 13.0 Å². The summed E-state index contributed by atoms with van der Waals surface area (Å²) >= 11 is 1.52. The Kier molecular flexibility index (Phi) is 2.87. The zero-order valence-corrected chi connectivity index (χ0v) is 8.20. The lowest BCUT2D eigenvalue weighted by atomic mass is 10.2. The average Bonchev–Trinajstić information content (AvgIpc) is 2.32. The maximum Gasteiger partial charge on any atom is 0.259 e. The van der Waals surface area contributed by atoms with E-state index in [0.717, 1.165) is 18.4 Å². The molecule has 0 saturated carbocycles. The van der Waals surface area contributed by atoms with Gasteiger partial charge in [0.05, 0.1) is 4.88 Å². The molecule has 12 heavy (non-hydrogen) atoms. The molecule has 0 unspecified atom stereocenters. The maximum atomic E-state index is 10.9. The number of aryl methyl sites for hydroxylation is 2. The molecule has 0 saturated heterocycles. The summed E-state index contributed by atoms with van der Waals surface area (Å²) in [6.07, 6.45) is 2.15. The van der Waals surface area contributed by atoms with Gasteiger partial charge in [0.2, 0.25) is 0 Å². The first kappa shape index (κ1) is 9.26. The van der Waals surface area contributed by atoms with Crippen molar-refractivity contribution < 1.29 is 4.79 Å². The molecular formula is C9H13NOS. The molecule has 0 aliphatic carbocycles. The minimum absolute atomic E-state index is 0.306. The van der Waals surface area contributed by atoms with E-state index >= 15 is 0 Å². The number of hydrogen-bond acceptors (Lipinski definition) is 2. The fourth-order valence-electron chi connectivity index (χ4n) is 1.16. The van der Waals surface area contributed by atoms with Gasteiger partial charge in [0.15, 0.2) is 0 Å². The number of carbonyl (C=O) groups excluding carboxylic acids is 1. The van der Waals surface area contributed by atoms with Crippen LogP contribution in [0.2, 0.25) is 0 Å². The second-order valence-corrected chi connectivity index (χ2v) is 3.98. The van der Waals surface area contributed by atoms with Crippen LogP contribution in [0.15, 0.2) is 6.07 Å².